The molecule has 7 nitrogen and oxygen atoms in total. The van der Waals surface area contributed by atoms with Gasteiger partial charge in [-0.3, -0.25) is 4.68 Å². The van der Waals surface area contributed by atoms with E-state index in [1.807, 2.05) is 19.2 Å². The van der Waals surface area contributed by atoms with Crippen LogP contribution in [-0.2, 0) is 13.5 Å². The molecule has 7 heteroatoms. The molecule has 0 atom stereocenters. The van der Waals surface area contributed by atoms with Crippen molar-refractivity contribution in [2.45, 2.75) is 6.42 Å². The molecule has 0 aliphatic carbocycles. The Hall–Kier alpha value is -2.83. The normalized spacial score (nSPS) is 12.8. The Morgan fingerprint density at radius 1 is 1.23 bits per heavy atom. The summed E-state index contributed by atoms with van der Waals surface area (Å²) in [6.45, 7) is 1.07. The van der Waals surface area contributed by atoms with Crippen molar-refractivity contribution in [2.24, 2.45) is 7.05 Å². The Labute approximate surface area is 126 Å². The SMILES string of the molecule is Cn1ncc2c(NCCc3ccc4c(c3)OCO4)ncnc21. The highest BCUT2D eigenvalue weighted by molar-refractivity contribution is 5.85. The molecule has 1 aromatic carbocycles. The van der Waals surface area contributed by atoms with Gasteiger partial charge in [0.2, 0.25) is 6.79 Å². The fraction of sp³-hybridized carbons (Fsp3) is 0.267. The van der Waals surface area contributed by atoms with Crippen LogP contribution in [0.2, 0.25) is 0 Å². The number of nitrogens with one attached hydrogen (secondary N) is 1. The smallest absolute Gasteiger partial charge is 0.231 e. The molecule has 4 rings (SSSR count). The lowest BCUT2D eigenvalue weighted by Gasteiger charge is -2.07. The summed E-state index contributed by atoms with van der Waals surface area (Å²) in [6, 6.07) is 6.01. The van der Waals surface area contributed by atoms with Crippen LogP contribution in [0.25, 0.3) is 11.0 Å². The van der Waals surface area contributed by atoms with Crippen LogP contribution in [0.1, 0.15) is 5.56 Å². The number of ether oxygens (including phenoxy) is 2. The molecule has 1 N–H and O–H groups in total. The van der Waals surface area contributed by atoms with E-state index < -0.39 is 0 Å². The molecular formula is C15H15N5O2. The van der Waals surface area contributed by atoms with Crippen LogP contribution in [0.4, 0.5) is 5.82 Å². The summed E-state index contributed by atoms with van der Waals surface area (Å²) in [5, 5.41) is 8.47. The van der Waals surface area contributed by atoms with Gasteiger partial charge in [-0.25, -0.2) is 9.97 Å². The third kappa shape index (κ3) is 2.20. The standard InChI is InChI=1S/C15H15N5O2/c1-20-15-11(7-19-20)14(17-8-18-15)16-5-4-10-2-3-12-13(6-10)22-9-21-12/h2-3,6-8H,4-5,9H2,1H3,(H,16,17,18). The highest BCUT2D eigenvalue weighted by Crippen LogP contribution is 2.32. The molecule has 112 valence electrons. The first-order valence-electron chi connectivity index (χ1n) is 7.06. The van der Waals surface area contributed by atoms with E-state index in [2.05, 4.69) is 26.4 Å². The second-order valence-electron chi connectivity index (χ2n) is 5.09. The minimum Gasteiger partial charge on any atom is -0.454 e. The van der Waals surface area contributed by atoms with Gasteiger partial charge in [0.25, 0.3) is 0 Å². The van der Waals surface area contributed by atoms with Crippen LogP contribution < -0.4 is 14.8 Å². The fourth-order valence-corrected chi connectivity index (χ4v) is 2.52. The molecule has 3 heterocycles. The molecule has 0 saturated heterocycles. The summed E-state index contributed by atoms with van der Waals surface area (Å²) in [4.78, 5) is 8.51. The Morgan fingerprint density at radius 2 is 2.14 bits per heavy atom. The molecule has 3 aromatic rings. The molecule has 0 bridgehead atoms. The molecule has 0 spiro atoms. The van der Waals surface area contributed by atoms with Gasteiger partial charge < -0.3 is 14.8 Å². The van der Waals surface area contributed by atoms with Gasteiger partial charge in [0.1, 0.15) is 12.1 Å². The summed E-state index contributed by atoms with van der Waals surface area (Å²) in [5.74, 6) is 2.43. The van der Waals surface area contributed by atoms with Crippen LogP contribution >= 0.6 is 0 Å². The van der Waals surface area contributed by atoms with Gasteiger partial charge in [0.15, 0.2) is 17.1 Å². The fourth-order valence-electron chi connectivity index (χ4n) is 2.52. The zero-order chi connectivity index (χ0) is 14.9. The lowest BCUT2D eigenvalue weighted by molar-refractivity contribution is 0.174. The van der Waals surface area contributed by atoms with Crippen molar-refractivity contribution in [2.75, 3.05) is 18.7 Å². The lowest BCUT2D eigenvalue weighted by Crippen LogP contribution is -2.07. The van der Waals surface area contributed by atoms with E-state index in [1.165, 1.54) is 5.56 Å². The number of aryl methyl sites for hydroxylation is 1. The number of benzene rings is 1. The molecular weight excluding hydrogens is 282 g/mol. The summed E-state index contributed by atoms with van der Waals surface area (Å²) >= 11 is 0. The van der Waals surface area contributed by atoms with Crippen LogP contribution in [0.5, 0.6) is 11.5 Å². The summed E-state index contributed by atoms with van der Waals surface area (Å²) in [7, 11) is 1.87. The molecule has 22 heavy (non-hydrogen) atoms. The Bertz CT molecular complexity index is 830. The summed E-state index contributed by atoms with van der Waals surface area (Å²) in [6.07, 6.45) is 4.19. The van der Waals surface area contributed by atoms with Crippen molar-refractivity contribution in [3.8, 4) is 11.5 Å². The number of hydrogen-bond acceptors (Lipinski definition) is 6. The van der Waals surface area contributed by atoms with Gasteiger partial charge in [0, 0.05) is 13.6 Å². The van der Waals surface area contributed by atoms with Gasteiger partial charge >= 0.3 is 0 Å². The average Bonchev–Trinajstić information content (AvgIpc) is 3.14. The molecule has 0 radical (unpaired) electrons. The molecule has 0 amide bonds. The molecule has 0 unspecified atom stereocenters. The van der Waals surface area contributed by atoms with Gasteiger partial charge in [-0.1, -0.05) is 6.07 Å². The third-order valence-electron chi connectivity index (χ3n) is 3.67. The van der Waals surface area contributed by atoms with E-state index in [4.69, 9.17) is 9.47 Å². The predicted octanol–water partition coefficient (Wildman–Crippen LogP) is 1.75. The third-order valence-corrected chi connectivity index (χ3v) is 3.67. The maximum absolute atomic E-state index is 5.39. The zero-order valence-corrected chi connectivity index (χ0v) is 12.1. The second kappa shape index (κ2) is 5.18. The first-order chi connectivity index (χ1) is 10.8. The molecule has 0 saturated carbocycles. The van der Waals surface area contributed by atoms with Crippen molar-refractivity contribution < 1.29 is 9.47 Å². The Morgan fingerprint density at radius 3 is 3.09 bits per heavy atom. The van der Waals surface area contributed by atoms with Crippen LogP contribution in [0.3, 0.4) is 0 Å². The maximum atomic E-state index is 5.39. The number of rotatable bonds is 4. The van der Waals surface area contributed by atoms with Crippen LogP contribution in [-0.4, -0.2) is 33.1 Å². The van der Waals surface area contributed by atoms with Crippen molar-refractivity contribution >= 4 is 16.9 Å². The Balaban J connectivity index is 1.46. The molecule has 1 aliphatic heterocycles. The average molecular weight is 297 g/mol. The first kappa shape index (κ1) is 12.9. The molecule has 0 fully saturated rings. The van der Waals surface area contributed by atoms with E-state index >= 15 is 0 Å². The van der Waals surface area contributed by atoms with E-state index in [1.54, 1.807) is 17.2 Å². The van der Waals surface area contributed by atoms with Crippen LogP contribution in [0, 0.1) is 0 Å². The molecule has 1 aliphatic rings. The van der Waals surface area contributed by atoms with Gasteiger partial charge in [-0.15, -0.1) is 0 Å². The van der Waals surface area contributed by atoms with Crippen molar-refractivity contribution in [3.05, 3.63) is 36.3 Å². The number of fused-ring (bicyclic) bond motifs is 2. The van der Waals surface area contributed by atoms with Gasteiger partial charge in [-0.2, -0.15) is 5.10 Å². The first-order valence-corrected chi connectivity index (χ1v) is 7.06. The maximum Gasteiger partial charge on any atom is 0.231 e. The predicted molar refractivity (Wildman–Crippen MR) is 81.1 cm³/mol. The van der Waals surface area contributed by atoms with Gasteiger partial charge in [0.05, 0.1) is 11.6 Å². The zero-order valence-electron chi connectivity index (χ0n) is 12.1. The highest BCUT2D eigenvalue weighted by Gasteiger charge is 2.13. The van der Waals surface area contributed by atoms with E-state index in [0.29, 0.717) is 6.79 Å². The number of nitrogens with zero attached hydrogens (tertiary/aromatic N) is 4. The van der Waals surface area contributed by atoms with Gasteiger partial charge in [-0.05, 0) is 24.1 Å². The lowest BCUT2D eigenvalue weighted by atomic mass is 10.1. The van der Waals surface area contributed by atoms with E-state index in [0.717, 1.165) is 41.3 Å². The Kier molecular flexibility index (Phi) is 3.03. The quantitative estimate of drug-likeness (QED) is 0.791. The minimum atomic E-state index is 0.303. The van der Waals surface area contributed by atoms with E-state index in [-0.39, 0.29) is 0 Å². The number of aromatic nitrogens is 4. The van der Waals surface area contributed by atoms with Crippen LogP contribution in [0.15, 0.2) is 30.7 Å². The highest BCUT2D eigenvalue weighted by atomic mass is 16.7. The molecule has 2 aromatic heterocycles. The second-order valence-corrected chi connectivity index (χ2v) is 5.09. The van der Waals surface area contributed by atoms with Crippen molar-refractivity contribution in [1.82, 2.24) is 19.7 Å². The number of hydrogen-bond donors (Lipinski definition) is 1. The largest absolute Gasteiger partial charge is 0.454 e. The van der Waals surface area contributed by atoms with Crippen molar-refractivity contribution in [3.63, 3.8) is 0 Å². The summed E-state index contributed by atoms with van der Waals surface area (Å²) in [5.41, 5.74) is 2.01. The monoisotopic (exact) mass is 297 g/mol. The topological polar surface area (TPSA) is 74.1 Å². The van der Waals surface area contributed by atoms with E-state index in [9.17, 15) is 0 Å². The minimum absolute atomic E-state index is 0.303. The summed E-state index contributed by atoms with van der Waals surface area (Å²) < 4.78 is 12.4. The van der Waals surface area contributed by atoms with Crippen molar-refractivity contribution in [1.29, 1.82) is 0 Å². The number of anilines is 1.